The lowest BCUT2D eigenvalue weighted by molar-refractivity contribution is -0.148. The summed E-state index contributed by atoms with van der Waals surface area (Å²) in [4.78, 5) is 18.2. The Labute approximate surface area is 264 Å². The second-order valence-electron chi connectivity index (χ2n) is 13.1. The van der Waals surface area contributed by atoms with E-state index in [1.54, 1.807) is 0 Å². The molecule has 3 fully saturated rings. The van der Waals surface area contributed by atoms with Crippen LogP contribution in [0.2, 0.25) is 0 Å². The van der Waals surface area contributed by atoms with E-state index in [4.69, 9.17) is 19.4 Å². The Morgan fingerprint density at radius 2 is 1.51 bits per heavy atom. The molecule has 5 aromatic rings. The maximum atomic E-state index is 5.76. The zero-order valence-corrected chi connectivity index (χ0v) is 25.6. The van der Waals surface area contributed by atoms with Crippen LogP contribution in [0.4, 0.5) is 5.69 Å². The number of aromatic nitrogens is 3. The van der Waals surface area contributed by atoms with Crippen LogP contribution in [0.5, 0.6) is 0 Å². The molecule has 3 aromatic heterocycles. The number of H-pyrrole nitrogens is 1. The quantitative estimate of drug-likeness (QED) is 0.233. The van der Waals surface area contributed by atoms with Crippen LogP contribution in [-0.4, -0.2) is 77.5 Å². The molecule has 6 heterocycles. The first kappa shape index (κ1) is 27.3. The van der Waals surface area contributed by atoms with Crippen molar-refractivity contribution < 1.29 is 9.47 Å². The Kier molecular flexibility index (Phi) is 6.91. The van der Waals surface area contributed by atoms with Crippen molar-refractivity contribution in [2.45, 2.75) is 50.2 Å². The van der Waals surface area contributed by atoms with Gasteiger partial charge in [-0.25, -0.2) is 4.98 Å². The summed E-state index contributed by atoms with van der Waals surface area (Å²) in [6.07, 6.45) is 12.1. The maximum Gasteiger partial charge on any atom is 0.137 e. The van der Waals surface area contributed by atoms with Gasteiger partial charge in [-0.3, -0.25) is 9.88 Å². The average Bonchev–Trinajstić information content (AvgIpc) is 3.43. The van der Waals surface area contributed by atoms with Gasteiger partial charge in [0.05, 0.1) is 37.8 Å². The van der Waals surface area contributed by atoms with Gasteiger partial charge in [0, 0.05) is 71.9 Å². The Morgan fingerprint density at radius 3 is 2.33 bits per heavy atom. The first-order valence-electron chi connectivity index (χ1n) is 16.6. The Hall–Kier alpha value is -4.04. The molecule has 7 nitrogen and oxygen atoms in total. The summed E-state index contributed by atoms with van der Waals surface area (Å²) >= 11 is 0. The van der Waals surface area contributed by atoms with E-state index in [1.807, 2.05) is 18.5 Å². The van der Waals surface area contributed by atoms with Crippen molar-refractivity contribution in [3.05, 3.63) is 90.4 Å². The topological polar surface area (TPSA) is 66.5 Å². The molecule has 3 atom stereocenters. The number of ether oxygens (including phenoxy) is 2. The van der Waals surface area contributed by atoms with Crippen molar-refractivity contribution in [1.82, 2.24) is 19.9 Å². The third kappa shape index (κ3) is 4.94. The van der Waals surface area contributed by atoms with Crippen LogP contribution in [0.1, 0.15) is 30.4 Å². The number of benzene rings is 2. The number of hydrogen-bond donors (Lipinski definition) is 1. The van der Waals surface area contributed by atoms with Crippen molar-refractivity contribution in [3.8, 4) is 33.5 Å². The molecule has 2 bridgehead atoms. The van der Waals surface area contributed by atoms with E-state index in [9.17, 15) is 0 Å². The fourth-order valence-corrected chi connectivity index (χ4v) is 8.22. The summed E-state index contributed by atoms with van der Waals surface area (Å²) in [7, 11) is 0. The predicted molar refractivity (Wildman–Crippen MR) is 179 cm³/mol. The SMILES string of the molecule is c1cnc(-c2ccc(-c3c[nH]c4ncc(-c5ccc6c(c5)CC[C@@H](N5C7COCC5C7)CC6)cc34)cc2)c(N2CCOCC2)c1. The van der Waals surface area contributed by atoms with Gasteiger partial charge in [0.25, 0.3) is 0 Å². The van der Waals surface area contributed by atoms with Crippen LogP contribution in [0, 0.1) is 0 Å². The minimum absolute atomic E-state index is 0.651. The highest BCUT2D eigenvalue weighted by Gasteiger charge is 2.45. The molecular weight excluding hydrogens is 558 g/mol. The highest BCUT2D eigenvalue weighted by molar-refractivity contribution is 5.96. The van der Waals surface area contributed by atoms with Gasteiger partial charge in [-0.1, -0.05) is 42.5 Å². The van der Waals surface area contributed by atoms with Gasteiger partial charge in [-0.05, 0) is 72.6 Å². The molecule has 2 unspecified atom stereocenters. The number of aryl methyl sites for hydroxylation is 2. The predicted octanol–water partition coefficient (Wildman–Crippen LogP) is 6.52. The fourth-order valence-electron chi connectivity index (χ4n) is 8.22. The largest absolute Gasteiger partial charge is 0.378 e. The Balaban J connectivity index is 0.973. The summed E-state index contributed by atoms with van der Waals surface area (Å²) in [6.45, 7) is 5.13. The number of nitrogens with zero attached hydrogens (tertiary/aromatic N) is 4. The third-order valence-corrected chi connectivity index (χ3v) is 10.6. The van der Waals surface area contributed by atoms with Gasteiger partial charge in [-0.15, -0.1) is 0 Å². The summed E-state index contributed by atoms with van der Waals surface area (Å²) in [5.74, 6) is 0. The second-order valence-corrected chi connectivity index (χ2v) is 13.1. The van der Waals surface area contributed by atoms with Crippen LogP contribution in [-0.2, 0) is 22.3 Å². The number of anilines is 1. The van der Waals surface area contributed by atoms with Crippen LogP contribution in [0.25, 0.3) is 44.5 Å². The number of nitrogens with one attached hydrogen (secondary N) is 1. The molecule has 7 heteroatoms. The van der Waals surface area contributed by atoms with Crippen LogP contribution in [0.15, 0.2) is 79.3 Å². The molecule has 1 N–H and O–H groups in total. The molecule has 45 heavy (non-hydrogen) atoms. The molecule has 2 aromatic carbocycles. The number of rotatable bonds is 5. The van der Waals surface area contributed by atoms with Crippen molar-refractivity contribution in [2.75, 3.05) is 44.4 Å². The number of morpholine rings is 2. The first-order valence-corrected chi connectivity index (χ1v) is 16.6. The van der Waals surface area contributed by atoms with Crippen molar-refractivity contribution in [2.24, 2.45) is 0 Å². The van der Waals surface area contributed by atoms with Crippen molar-refractivity contribution in [3.63, 3.8) is 0 Å². The fraction of sp³-hybridized carbons (Fsp3) is 0.368. The van der Waals surface area contributed by atoms with Crippen LogP contribution >= 0.6 is 0 Å². The Bertz CT molecular complexity index is 1830. The molecule has 0 radical (unpaired) electrons. The number of pyridine rings is 2. The van der Waals surface area contributed by atoms with Gasteiger partial charge >= 0.3 is 0 Å². The molecule has 3 saturated heterocycles. The van der Waals surface area contributed by atoms with E-state index in [0.29, 0.717) is 18.1 Å². The van der Waals surface area contributed by atoms with E-state index in [1.165, 1.54) is 64.8 Å². The second kappa shape index (κ2) is 11.4. The molecule has 1 aliphatic carbocycles. The smallest absolute Gasteiger partial charge is 0.137 e. The minimum atomic E-state index is 0.651. The maximum absolute atomic E-state index is 5.76. The normalized spacial score (nSPS) is 23.4. The molecule has 9 rings (SSSR count). The molecule has 3 aliphatic heterocycles. The Morgan fingerprint density at radius 1 is 0.733 bits per heavy atom. The van der Waals surface area contributed by atoms with E-state index in [-0.39, 0.29) is 0 Å². The lowest BCUT2D eigenvalue weighted by Gasteiger charge is -2.56. The van der Waals surface area contributed by atoms with Crippen LogP contribution in [0.3, 0.4) is 0 Å². The van der Waals surface area contributed by atoms with Crippen LogP contribution < -0.4 is 4.90 Å². The highest BCUT2D eigenvalue weighted by atomic mass is 16.5. The van der Waals surface area contributed by atoms with E-state index < -0.39 is 0 Å². The molecule has 228 valence electrons. The van der Waals surface area contributed by atoms with Gasteiger partial charge < -0.3 is 19.4 Å². The van der Waals surface area contributed by atoms with E-state index >= 15 is 0 Å². The summed E-state index contributed by atoms with van der Waals surface area (Å²) in [5, 5.41) is 1.15. The zero-order valence-electron chi connectivity index (χ0n) is 25.6. The monoisotopic (exact) mass is 597 g/mol. The van der Waals surface area contributed by atoms with Crippen molar-refractivity contribution in [1.29, 1.82) is 0 Å². The van der Waals surface area contributed by atoms with Gasteiger partial charge in [-0.2, -0.15) is 0 Å². The number of aromatic amines is 1. The third-order valence-electron chi connectivity index (χ3n) is 10.6. The molecule has 0 saturated carbocycles. The molecular formula is C38H39N5O2. The first-order chi connectivity index (χ1) is 22.3. The van der Waals surface area contributed by atoms with E-state index in [0.717, 1.165) is 68.2 Å². The molecule has 0 spiro atoms. The number of fused-ring (bicyclic) bond motifs is 4. The average molecular weight is 598 g/mol. The summed E-state index contributed by atoms with van der Waals surface area (Å²) in [6, 6.07) is 24.4. The summed E-state index contributed by atoms with van der Waals surface area (Å²) < 4.78 is 11.3. The van der Waals surface area contributed by atoms with Crippen molar-refractivity contribution >= 4 is 16.7 Å². The minimum Gasteiger partial charge on any atom is -0.378 e. The standard InChI is InChI=1S/C38H39N5O2/c1-2-36(42-14-16-44-17-15-42)37(39-13-1)27-6-4-26(5-7-27)35-22-41-38-34(35)19-30(21-40-38)29-8-3-25-9-11-31(12-10-28(25)18-29)43-32-20-33(43)24-45-23-32/h1-8,13,18-19,21-22,31-33H,9-12,14-17,20,23-24H2,(H,40,41)/t31-,32?,33?/m0/s1. The van der Waals surface area contributed by atoms with Gasteiger partial charge in [0.2, 0.25) is 0 Å². The molecule has 0 amide bonds. The molecule has 4 aliphatic rings. The lowest BCUT2D eigenvalue weighted by atomic mass is 9.87. The van der Waals surface area contributed by atoms with Gasteiger partial charge in [0.15, 0.2) is 0 Å². The summed E-state index contributed by atoms with van der Waals surface area (Å²) in [5.41, 5.74) is 12.0. The lowest BCUT2D eigenvalue weighted by Crippen LogP contribution is -2.66. The number of hydrogen-bond acceptors (Lipinski definition) is 6. The van der Waals surface area contributed by atoms with E-state index in [2.05, 4.69) is 75.6 Å². The highest BCUT2D eigenvalue weighted by Crippen LogP contribution is 2.39. The zero-order chi connectivity index (χ0) is 29.7. The van der Waals surface area contributed by atoms with Gasteiger partial charge in [0.1, 0.15) is 5.65 Å².